The van der Waals surface area contributed by atoms with Crippen LogP contribution in [-0.4, -0.2) is 5.91 Å². The van der Waals surface area contributed by atoms with Crippen LogP contribution in [-0.2, 0) is 11.4 Å². The van der Waals surface area contributed by atoms with Crippen molar-refractivity contribution in [3.8, 4) is 11.8 Å². The second-order valence-corrected chi connectivity index (χ2v) is 8.40. The molecule has 0 atom stereocenters. The number of nitrogens with one attached hydrogen (secondary N) is 1. The van der Waals surface area contributed by atoms with E-state index in [4.69, 9.17) is 39.5 Å². The predicted octanol–water partition coefficient (Wildman–Crippen LogP) is 7.39. The van der Waals surface area contributed by atoms with Gasteiger partial charge in [0.05, 0.1) is 10.0 Å². The van der Waals surface area contributed by atoms with Gasteiger partial charge in [0.15, 0.2) is 5.75 Å². The molecule has 0 radical (unpaired) electrons. The van der Waals surface area contributed by atoms with Crippen molar-refractivity contribution >= 4 is 52.5 Å². The molecule has 1 N–H and O–H groups in total. The number of ether oxygens (including phenoxy) is 1. The van der Waals surface area contributed by atoms with E-state index in [1.807, 2.05) is 44.2 Å². The first kappa shape index (κ1) is 23.7. The normalized spacial score (nSPS) is 11.1. The van der Waals surface area contributed by atoms with Gasteiger partial charge in [0.1, 0.15) is 18.2 Å². The number of halogens is 3. The van der Waals surface area contributed by atoms with Gasteiger partial charge in [-0.3, -0.25) is 4.79 Å². The molecule has 0 saturated heterocycles. The summed E-state index contributed by atoms with van der Waals surface area (Å²) in [6.45, 7) is 4.17. The molecule has 0 saturated carbocycles. The number of hydrogen-bond donors (Lipinski definition) is 1. The van der Waals surface area contributed by atoms with Gasteiger partial charge in [-0.1, -0.05) is 70.7 Å². The first-order chi connectivity index (χ1) is 15.3. The van der Waals surface area contributed by atoms with Crippen molar-refractivity contribution in [1.82, 2.24) is 0 Å². The van der Waals surface area contributed by atoms with Gasteiger partial charge in [-0.25, -0.2) is 0 Å². The zero-order valence-corrected chi connectivity index (χ0v) is 19.6. The Morgan fingerprint density at radius 1 is 1.03 bits per heavy atom. The maximum atomic E-state index is 12.5. The molecular formula is C25H19Cl3N2O2. The highest BCUT2D eigenvalue weighted by Crippen LogP contribution is 2.35. The van der Waals surface area contributed by atoms with Crippen LogP contribution in [0.4, 0.5) is 5.69 Å². The molecule has 7 heteroatoms. The van der Waals surface area contributed by atoms with Crippen molar-refractivity contribution in [1.29, 1.82) is 5.26 Å². The van der Waals surface area contributed by atoms with E-state index in [-0.39, 0.29) is 15.6 Å². The SMILES string of the molecule is Cc1cccc(COc2c(Cl)cc(/C=C(/C#N)C(=O)Nc3ccc(C)c(Cl)c3)cc2Cl)c1. The number of rotatable bonds is 6. The highest BCUT2D eigenvalue weighted by Gasteiger charge is 2.14. The third kappa shape index (κ3) is 6.05. The minimum absolute atomic E-state index is 0.109. The molecule has 0 aromatic heterocycles. The van der Waals surface area contributed by atoms with Crippen molar-refractivity contribution in [2.45, 2.75) is 20.5 Å². The van der Waals surface area contributed by atoms with Gasteiger partial charge in [0.2, 0.25) is 0 Å². The van der Waals surface area contributed by atoms with Crippen molar-refractivity contribution in [3.05, 3.63) is 97.5 Å². The number of aryl methyl sites for hydroxylation is 2. The van der Waals surface area contributed by atoms with E-state index in [9.17, 15) is 10.1 Å². The van der Waals surface area contributed by atoms with Crippen molar-refractivity contribution in [2.75, 3.05) is 5.32 Å². The fourth-order valence-electron chi connectivity index (χ4n) is 2.94. The third-order valence-electron chi connectivity index (χ3n) is 4.59. The number of anilines is 1. The molecular weight excluding hydrogens is 467 g/mol. The zero-order chi connectivity index (χ0) is 23.3. The summed E-state index contributed by atoms with van der Waals surface area (Å²) in [5.41, 5.74) is 3.87. The van der Waals surface area contributed by atoms with E-state index >= 15 is 0 Å². The molecule has 0 aliphatic rings. The van der Waals surface area contributed by atoms with Gasteiger partial charge in [-0.15, -0.1) is 0 Å². The van der Waals surface area contributed by atoms with Crippen LogP contribution in [0.2, 0.25) is 15.1 Å². The summed E-state index contributed by atoms with van der Waals surface area (Å²) < 4.78 is 5.80. The summed E-state index contributed by atoms with van der Waals surface area (Å²) in [7, 11) is 0. The van der Waals surface area contributed by atoms with Gasteiger partial charge in [0, 0.05) is 10.7 Å². The second kappa shape index (κ2) is 10.6. The van der Waals surface area contributed by atoms with Crippen LogP contribution >= 0.6 is 34.8 Å². The van der Waals surface area contributed by atoms with Crippen LogP contribution in [0.1, 0.15) is 22.3 Å². The summed E-state index contributed by atoms with van der Waals surface area (Å²) in [4.78, 5) is 12.5. The number of nitriles is 1. The smallest absolute Gasteiger partial charge is 0.266 e. The molecule has 3 aromatic carbocycles. The summed E-state index contributed by atoms with van der Waals surface area (Å²) in [5.74, 6) is -0.233. The molecule has 3 aromatic rings. The topological polar surface area (TPSA) is 62.1 Å². The Balaban J connectivity index is 1.77. The fraction of sp³-hybridized carbons (Fsp3) is 0.120. The maximum absolute atomic E-state index is 12.5. The Labute approximate surface area is 202 Å². The number of carbonyl (C=O) groups is 1. The molecule has 0 aliphatic carbocycles. The molecule has 0 aliphatic heterocycles. The van der Waals surface area contributed by atoms with Crippen molar-refractivity contribution < 1.29 is 9.53 Å². The number of benzene rings is 3. The second-order valence-electron chi connectivity index (χ2n) is 7.18. The molecule has 32 heavy (non-hydrogen) atoms. The van der Waals surface area contributed by atoms with Gasteiger partial charge in [-0.2, -0.15) is 5.26 Å². The summed E-state index contributed by atoms with van der Waals surface area (Å²) in [5, 5.41) is 13.2. The van der Waals surface area contributed by atoms with Gasteiger partial charge in [-0.05, 0) is 60.9 Å². The first-order valence-corrected chi connectivity index (χ1v) is 10.8. The molecule has 0 unspecified atom stereocenters. The first-order valence-electron chi connectivity index (χ1n) is 9.63. The Morgan fingerprint density at radius 3 is 2.38 bits per heavy atom. The number of nitrogens with zero attached hydrogens (tertiary/aromatic N) is 1. The largest absolute Gasteiger partial charge is 0.486 e. The Kier molecular flexibility index (Phi) is 7.82. The van der Waals surface area contributed by atoms with Crippen LogP contribution < -0.4 is 10.1 Å². The predicted molar refractivity (Wildman–Crippen MR) is 130 cm³/mol. The van der Waals surface area contributed by atoms with Crippen LogP contribution in [0, 0.1) is 25.2 Å². The molecule has 162 valence electrons. The Bertz CT molecular complexity index is 1220. The maximum Gasteiger partial charge on any atom is 0.266 e. The lowest BCUT2D eigenvalue weighted by molar-refractivity contribution is -0.112. The van der Waals surface area contributed by atoms with Crippen LogP contribution in [0.25, 0.3) is 6.08 Å². The lowest BCUT2D eigenvalue weighted by Crippen LogP contribution is -2.13. The number of amides is 1. The third-order valence-corrected chi connectivity index (χ3v) is 5.56. The van der Waals surface area contributed by atoms with E-state index in [1.54, 1.807) is 30.3 Å². The minimum atomic E-state index is -0.570. The molecule has 0 heterocycles. The molecule has 3 rings (SSSR count). The number of carbonyl (C=O) groups excluding carboxylic acids is 1. The Morgan fingerprint density at radius 2 is 1.75 bits per heavy atom. The summed E-state index contributed by atoms with van der Waals surface area (Å²) in [6, 6.07) is 18.1. The van der Waals surface area contributed by atoms with E-state index in [1.165, 1.54) is 6.08 Å². The lowest BCUT2D eigenvalue weighted by Gasteiger charge is -2.12. The molecule has 0 spiro atoms. The standard InChI is InChI=1S/C25H19Cl3N2O2/c1-15-4-3-5-17(8-15)14-32-24-22(27)10-18(11-23(24)28)9-19(13-29)25(31)30-20-7-6-16(2)21(26)12-20/h3-12H,14H2,1-2H3,(H,30,31)/b19-9-. The minimum Gasteiger partial charge on any atom is -0.486 e. The van der Waals surface area contributed by atoms with Crippen LogP contribution in [0.15, 0.2) is 60.2 Å². The molecule has 0 bridgehead atoms. The Hall–Kier alpha value is -2.97. The monoisotopic (exact) mass is 484 g/mol. The van der Waals surface area contributed by atoms with E-state index in [2.05, 4.69) is 5.32 Å². The van der Waals surface area contributed by atoms with Crippen molar-refractivity contribution in [2.24, 2.45) is 0 Å². The van der Waals surface area contributed by atoms with E-state index in [0.29, 0.717) is 28.6 Å². The highest BCUT2D eigenvalue weighted by molar-refractivity contribution is 6.37. The van der Waals surface area contributed by atoms with Gasteiger partial charge in [0.25, 0.3) is 5.91 Å². The van der Waals surface area contributed by atoms with Gasteiger partial charge < -0.3 is 10.1 Å². The summed E-state index contributed by atoms with van der Waals surface area (Å²) in [6.07, 6.45) is 1.41. The lowest BCUT2D eigenvalue weighted by atomic mass is 10.1. The summed E-state index contributed by atoms with van der Waals surface area (Å²) >= 11 is 18.8. The fourth-order valence-corrected chi connectivity index (χ4v) is 3.74. The van der Waals surface area contributed by atoms with E-state index < -0.39 is 5.91 Å². The van der Waals surface area contributed by atoms with Crippen LogP contribution in [0.5, 0.6) is 5.75 Å². The number of hydrogen-bond acceptors (Lipinski definition) is 3. The average molecular weight is 486 g/mol. The van der Waals surface area contributed by atoms with Gasteiger partial charge >= 0.3 is 0 Å². The molecule has 1 amide bonds. The highest BCUT2D eigenvalue weighted by atomic mass is 35.5. The van der Waals surface area contributed by atoms with E-state index in [0.717, 1.165) is 16.7 Å². The van der Waals surface area contributed by atoms with Crippen molar-refractivity contribution in [3.63, 3.8) is 0 Å². The zero-order valence-electron chi connectivity index (χ0n) is 17.4. The van der Waals surface area contributed by atoms with Crippen LogP contribution in [0.3, 0.4) is 0 Å². The average Bonchev–Trinajstić information content (AvgIpc) is 2.74. The molecule has 4 nitrogen and oxygen atoms in total. The molecule has 0 fully saturated rings. The quantitative estimate of drug-likeness (QED) is 0.292.